The Hall–Kier alpha value is -1.46. The lowest BCUT2D eigenvalue weighted by atomic mass is 10.3. The third kappa shape index (κ3) is 3.16. The van der Waals surface area contributed by atoms with Gasteiger partial charge in [0.15, 0.2) is 0 Å². The van der Waals surface area contributed by atoms with Crippen LogP contribution in [-0.2, 0) is 0 Å². The Bertz CT molecular complexity index is 550. The Balaban J connectivity index is 1.61. The van der Waals surface area contributed by atoms with Crippen molar-refractivity contribution in [3.63, 3.8) is 0 Å². The third-order valence-corrected chi connectivity index (χ3v) is 4.53. The molecule has 0 radical (unpaired) electrons. The molecule has 0 unspecified atom stereocenters. The summed E-state index contributed by atoms with van der Waals surface area (Å²) in [4.78, 5) is 12.2. The van der Waals surface area contributed by atoms with E-state index in [2.05, 4.69) is 21.8 Å². The van der Waals surface area contributed by atoms with E-state index in [9.17, 15) is 0 Å². The van der Waals surface area contributed by atoms with Crippen molar-refractivity contribution in [1.82, 2.24) is 14.9 Å². The van der Waals surface area contributed by atoms with E-state index in [0.717, 1.165) is 34.5 Å². The Kier molecular flexibility index (Phi) is 4.28. The average Bonchev–Trinajstić information content (AvgIpc) is 3.11. The molecule has 5 heteroatoms. The number of aromatic nitrogens is 2. The molecule has 0 amide bonds. The van der Waals surface area contributed by atoms with Crippen LogP contribution in [0.2, 0.25) is 0 Å². The summed E-state index contributed by atoms with van der Waals surface area (Å²) in [6, 6.07) is 3.96. The fraction of sp³-hybridized carbons (Fsp3) is 0.467. The number of rotatable bonds is 5. The van der Waals surface area contributed by atoms with Crippen LogP contribution in [0.5, 0.6) is 5.88 Å². The fourth-order valence-electron chi connectivity index (χ4n) is 2.41. The van der Waals surface area contributed by atoms with Gasteiger partial charge in [-0.1, -0.05) is 0 Å². The quantitative estimate of drug-likeness (QED) is 0.848. The van der Waals surface area contributed by atoms with Crippen molar-refractivity contribution in [3.05, 3.63) is 29.4 Å². The van der Waals surface area contributed by atoms with Crippen LogP contribution in [0.15, 0.2) is 24.5 Å². The van der Waals surface area contributed by atoms with Crippen LogP contribution in [-0.4, -0.2) is 41.1 Å². The van der Waals surface area contributed by atoms with E-state index >= 15 is 0 Å². The summed E-state index contributed by atoms with van der Waals surface area (Å²) in [7, 11) is 0. The SMILES string of the molecule is Cc1sc(-c2ccncc2)nc1OCCN1CCCC1. The summed E-state index contributed by atoms with van der Waals surface area (Å²) in [5.74, 6) is 0.779. The van der Waals surface area contributed by atoms with Crippen molar-refractivity contribution in [2.45, 2.75) is 19.8 Å². The monoisotopic (exact) mass is 289 g/mol. The van der Waals surface area contributed by atoms with Gasteiger partial charge in [-0.05, 0) is 45.0 Å². The second kappa shape index (κ2) is 6.33. The summed E-state index contributed by atoms with van der Waals surface area (Å²) in [5, 5.41) is 1.00. The Morgan fingerprint density at radius 1 is 1.25 bits per heavy atom. The smallest absolute Gasteiger partial charge is 0.228 e. The lowest BCUT2D eigenvalue weighted by Crippen LogP contribution is -2.25. The molecule has 0 saturated carbocycles. The first-order valence-electron chi connectivity index (χ1n) is 7.06. The van der Waals surface area contributed by atoms with Crippen molar-refractivity contribution < 1.29 is 4.74 Å². The van der Waals surface area contributed by atoms with Gasteiger partial charge < -0.3 is 4.74 Å². The van der Waals surface area contributed by atoms with E-state index in [1.807, 2.05) is 12.1 Å². The van der Waals surface area contributed by atoms with E-state index in [1.165, 1.54) is 25.9 Å². The molecule has 0 aromatic carbocycles. The van der Waals surface area contributed by atoms with Gasteiger partial charge in [-0.3, -0.25) is 9.88 Å². The van der Waals surface area contributed by atoms with Crippen molar-refractivity contribution in [3.8, 4) is 16.5 Å². The number of thiazole rings is 1. The van der Waals surface area contributed by atoms with Gasteiger partial charge in [0, 0.05) is 24.5 Å². The van der Waals surface area contributed by atoms with Crippen molar-refractivity contribution >= 4 is 11.3 Å². The van der Waals surface area contributed by atoms with Gasteiger partial charge in [0.05, 0.1) is 4.88 Å². The summed E-state index contributed by atoms with van der Waals surface area (Å²) in [6.45, 7) is 6.21. The highest BCUT2D eigenvalue weighted by atomic mass is 32.1. The molecule has 3 rings (SSSR count). The molecule has 0 aliphatic carbocycles. The van der Waals surface area contributed by atoms with E-state index < -0.39 is 0 Å². The van der Waals surface area contributed by atoms with Gasteiger partial charge in [0.2, 0.25) is 5.88 Å². The standard InChI is InChI=1S/C15H19N3OS/c1-12-14(19-11-10-18-8-2-3-9-18)17-15(20-12)13-4-6-16-7-5-13/h4-7H,2-3,8-11H2,1H3. The van der Waals surface area contributed by atoms with Crippen molar-refractivity contribution in [2.24, 2.45) is 0 Å². The topological polar surface area (TPSA) is 38.3 Å². The van der Waals surface area contributed by atoms with Crippen LogP contribution in [0.25, 0.3) is 10.6 Å². The summed E-state index contributed by atoms with van der Waals surface area (Å²) in [5.41, 5.74) is 1.10. The summed E-state index contributed by atoms with van der Waals surface area (Å²) >= 11 is 1.67. The second-order valence-electron chi connectivity index (χ2n) is 5.01. The van der Waals surface area contributed by atoms with Gasteiger partial charge in [-0.15, -0.1) is 11.3 Å². The zero-order valence-corrected chi connectivity index (χ0v) is 12.5. The largest absolute Gasteiger partial charge is 0.476 e. The minimum atomic E-state index is 0.723. The van der Waals surface area contributed by atoms with Gasteiger partial charge in [-0.2, -0.15) is 0 Å². The first kappa shape index (κ1) is 13.5. The Morgan fingerprint density at radius 3 is 2.75 bits per heavy atom. The van der Waals surface area contributed by atoms with Crippen LogP contribution < -0.4 is 4.74 Å². The van der Waals surface area contributed by atoms with Crippen molar-refractivity contribution in [1.29, 1.82) is 0 Å². The minimum Gasteiger partial charge on any atom is -0.476 e. The number of ether oxygens (including phenoxy) is 1. The molecule has 1 aliphatic heterocycles. The van der Waals surface area contributed by atoms with Gasteiger partial charge in [0.25, 0.3) is 0 Å². The van der Waals surface area contributed by atoms with Crippen LogP contribution >= 0.6 is 11.3 Å². The maximum absolute atomic E-state index is 5.84. The predicted octanol–water partition coefficient (Wildman–Crippen LogP) is 2.99. The lowest BCUT2D eigenvalue weighted by molar-refractivity contribution is 0.232. The Labute approximate surface area is 123 Å². The molecule has 1 fully saturated rings. The van der Waals surface area contributed by atoms with E-state index in [4.69, 9.17) is 4.74 Å². The average molecular weight is 289 g/mol. The zero-order valence-electron chi connectivity index (χ0n) is 11.7. The van der Waals surface area contributed by atoms with Crippen LogP contribution in [0.4, 0.5) is 0 Å². The van der Waals surface area contributed by atoms with E-state index in [-0.39, 0.29) is 0 Å². The maximum Gasteiger partial charge on any atom is 0.228 e. The molecule has 1 saturated heterocycles. The van der Waals surface area contributed by atoms with E-state index in [0.29, 0.717) is 0 Å². The van der Waals surface area contributed by atoms with Crippen LogP contribution in [0, 0.1) is 6.92 Å². The Morgan fingerprint density at radius 2 is 2.00 bits per heavy atom. The van der Waals surface area contributed by atoms with Crippen molar-refractivity contribution in [2.75, 3.05) is 26.2 Å². The summed E-state index contributed by atoms with van der Waals surface area (Å²) in [6.07, 6.45) is 6.23. The number of nitrogens with zero attached hydrogens (tertiary/aromatic N) is 3. The van der Waals surface area contributed by atoms with E-state index in [1.54, 1.807) is 23.7 Å². The molecule has 2 aromatic heterocycles. The highest BCUT2D eigenvalue weighted by Gasteiger charge is 2.13. The molecule has 106 valence electrons. The molecular formula is C15H19N3OS. The molecule has 4 nitrogen and oxygen atoms in total. The molecular weight excluding hydrogens is 270 g/mol. The minimum absolute atomic E-state index is 0.723. The molecule has 0 bridgehead atoms. The van der Waals surface area contributed by atoms with Gasteiger partial charge in [-0.25, -0.2) is 4.98 Å². The number of pyridine rings is 1. The first-order valence-corrected chi connectivity index (χ1v) is 7.87. The number of hydrogen-bond donors (Lipinski definition) is 0. The van der Waals surface area contributed by atoms with Gasteiger partial charge >= 0.3 is 0 Å². The van der Waals surface area contributed by atoms with Gasteiger partial charge in [0.1, 0.15) is 11.6 Å². The molecule has 0 spiro atoms. The maximum atomic E-state index is 5.84. The van der Waals surface area contributed by atoms with Crippen LogP contribution in [0.1, 0.15) is 17.7 Å². The van der Waals surface area contributed by atoms with Crippen LogP contribution in [0.3, 0.4) is 0 Å². The number of likely N-dealkylation sites (tertiary alicyclic amines) is 1. The zero-order chi connectivity index (χ0) is 13.8. The molecule has 3 heterocycles. The molecule has 0 N–H and O–H groups in total. The normalized spacial score (nSPS) is 15.7. The number of aryl methyl sites for hydroxylation is 1. The summed E-state index contributed by atoms with van der Waals surface area (Å²) < 4.78 is 5.84. The fourth-order valence-corrected chi connectivity index (χ4v) is 3.28. The highest BCUT2D eigenvalue weighted by Crippen LogP contribution is 2.31. The highest BCUT2D eigenvalue weighted by molar-refractivity contribution is 7.15. The molecule has 1 aliphatic rings. The molecule has 2 aromatic rings. The number of hydrogen-bond acceptors (Lipinski definition) is 5. The predicted molar refractivity (Wildman–Crippen MR) is 81.3 cm³/mol. The second-order valence-corrected chi connectivity index (χ2v) is 6.22. The molecule has 0 atom stereocenters. The third-order valence-electron chi connectivity index (χ3n) is 3.53. The molecule has 20 heavy (non-hydrogen) atoms. The first-order chi connectivity index (χ1) is 9.83. The lowest BCUT2D eigenvalue weighted by Gasteiger charge is -2.14.